The van der Waals surface area contributed by atoms with Crippen LogP contribution in [0.2, 0.25) is 5.02 Å². The minimum atomic E-state index is -4.57. The second-order valence-electron chi connectivity index (χ2n) is 5.30. The average Bonchev–Trinajstić information content (AvgIpc) is 2.58. The van der Waals surface area contributed by atoms with E-state index in [9.17, 15) is 18.0 Å². The zero-order chi connectivity index (χ0) is 19.5. The van der Waals surface area contributed by atoms with E-state index in [0.29, 0.717) is 11.9 Å². The number of nitrogens with two attached hydrogens (primary N) is 1. The number of hydrazine groups is 1. The molecule has 0 bridgehead atoms. The number of carbonyl (C=O) groups excluding carboxylic acids is 1. The molecule has 0 spiro atoms. The lowest BCUT2D eigenvalue weighted by molar-refractivity contribution is -0.137. The normalized spacial score (nSPS) is 12.3. The number of benzene rings is 1. The van der Waals surface area contributed by atoms with Gasteiger partial charge in [0, 0.05) is 6.20 Å². The van der Waals surface area contributed by atoms with Gasteiger partial charge in [0.15, 0.2) is 5.11 Å². The Morgan fingerprint density at radius 1 is 1.35 bits per heavy atom. The SMILES string of the molecule is CC(C(=O)NN(C(N)=S)c1ccccc1)c1ncc(C(F)(F)F)cc1Cl. The van der Waals surface area contributed by atoms with Crippen molar-refractivity contribution in [3.05, 3.63) is 58.9 Å². The van der Waals surface area contributed by atoms with Crippen molar-refractivity contribution >= 4 is 40.5 Å². The highest BCUT2D eigenvalue weighted by molar-refractivity contribution is 7.80. The lowest BCUT2D eigenvalue weighted by Crippen LogP contribution is -2.50. The quantitative estimate of drug-likeness (QED) is 0.606. The highest BCUT2D eigenvalue weighted by Gasteiger charge is 2.32. The van der Waals surface area contributed by atoms with Crippen LogP contribution >= 0.6 is 23.8 Å². The molecule has 0 saturated carbocycles. The molecule has 0 aliphatic heterocycles. The number of rotatable bonds is 3. The fraction of sp³-hybridized carbons (Fsp3) is 0.188. The first-order valence-electron chi connectivity index (χ1n) is 7.29. The Kier molecular flexibility index (Phi) is 6.04. The van der Waals surface area contributed by atoms with Crippen molar-refractivity contribution in [1.82, 2.24) is 10.4 Å². The molecule has 0 saturated heterocycles. The maximum Gasteiger partial charge on any atom is 0.417 e. The molecule has 0 aliphatic carbocycles. The number of hydrogen-bond donors (Lipinski definition) is 2. The van der Waals surface area contributed by atoms with Crippen molar-refractivity contribution in [1.29, 1.82) is 0 Å². The van der Waals surface area contributed by atoms with Gasteiger partial charge in [0.1, 0.15) is 0 Å². The van der Waals surface area contributed by atoms with Gasteiger partial charge >= 0.3 is 6.18 Å². The van der Waals surface area contributed by atoms with Crippen LogP contribution in [0.3, 0.4) is 0 Å². The first kappa shape index (κ1) is 19.9. The number of nitrogens with zero attached hydrogens (tertiary/aromatic N) is 2. The number of pyridine rings is 1. The number of amides is 1. The number of nitrogens with one attached hydrogen (secondary N) is 1. The average molecular weight is 403 g/mol. The van der Waals surface area contributed by atoms with Crippen molar-refractivity contribution in [2.24, 2.45) is 5.73 Å². The molecule has 10 heteroatoms. The molecule has 0 radical (unpaired) electrons. The van der Waals surface area contributed by atoms with Crippen molar-refractivity contribution in [2.45, 2.75) is 19.0 Å². The Morgan fingerprint density at radius 3 is 2.46 bits per heavy atom. The van der Waals surface area contributed by atoms with Crippen LogP contribution in [0.4, 0.5) is 18.9 Å². The van der Waals surface area contributed by atoms with Gasteiger partial charge in [-0.1, -0.05) is 29.8 Å². The summed E-state index contributed by atoms with van der Waals surface area (Å²) in [5.74, 6) is -1.53. The zero-order valence-corrected chi connectivity index (χ0v) is 15.0. The topological polar surface area (TPSA) is 71.2 Å². The van der Waals surface area contributed by atoms with Crippen LogP contribution < -0.4 is 16.2 Å². The Labute approximate surface area is 157 Å². The van der Waals surface area contributed by atoms with E-state index in [2.05, 4.69) is 10.4 Å². The summed E-state index contributed by atoms with van der Waals surface area (Å²) in [4.78, 5) is 16.2. The number of thiocarbonyl (C=S) groups is 1. The van der Waals surface area contributed by atoms with Gasteiger partial charge in [0.2, 0.25) is 5.91 Å². The van der Waals surface area contributed by atoms with E-state index in [-0.39, 0.29) is 15.8 Å². The predicted molar refractivity (Wildman–Crippen MR) is 96.5 cm³/mol. The standard InChI is InChI=1S/C16H14ClF3N4OS/c1-9(13-12(17)7-10(8-22-13)16(18,19)20)14(25)23-24(15(21)26)11-5-3-2-4-6-11/h2-9H,1H3,(H2,21,26)(H,23,25). The van der Waals surface area contributed by atoms with Crippen molar-refractivity contribution in [3.63, 3.8) is 0 Å². The number of carbonyl (C=O) groups is 1. The van der Waals surface area contributed by atoms with Crippen LogP contribution in [0, 0.1) is 0 Å². The number of para-hydroxylation sites is 1. The Hall–Kier alpha value is -2.39. The van der Waals surface area contributed by atoms with E-state index >= 15 is 0 Å². The van der Waals surface area contributed by atoms with Gasteiger partial charge in [-0.25, -0.2) is 5.01 Å². The second kappa shape index (κ2) is 7.88. The third-order valence-electron chi connectivity index (χ3n) is 3.46. The zero-order valence-electron chi connectivity index (χ0n) is 13.4. The van der Waals surface area contributed by atoms with Crippen LogP contribution in [0.15, 0.2) is 42.6 Å². The van der Waals surface area contributed by atoms with Crippen LogP contribution in [0.1, 0.15) is 24.1 Å². The predicted octanol–water partition coefficient (Wildman–Crippen LogP) is 3.64. The van der Waals surface area contributed by atoms with E-state index in [4.69, 9.17) is 29.6 Å². The summed E-state index contributed by atoms with van der Waals surface area (Å²) in [6.07, 6.45) is -3.94. The highest BCUT2D eigenvalue weighted by atomic mass is 35.5. The molecule has 5 nitrogen and oxygen atoms in total. The van der Waals surface area contributed by atoms with Crippen molar-refractivity contribution in [3.8, 4) is 0 Å². The van der Waals surface area contributed by atoms with Crippen LogP contribution in [-0.4, -0.2) is 16.0 Å². The monoisotopic (exact) mass is 402 g/mol. The number of halogens is 4. The van der Waals surface area contributed by atoms with Crippen LogP contribution in [0.5, 0.6) is 0 Å². The molecule has 1 amide bonds. The molecule has 0 fully saturated rings. The molecule has 26 heavy (non-hydrogen) atoms. The molecular formula is C16H14ClF3N4OS. The molecule has 1 aromatic heterocycles. The summed E-state index contributed by atoms with van der Waals surface area (Å²) >= 11 is 10.8. The summed E-state index contributed by atoms with van der Waals surface area (Å²) in [5, 5.41) is 0.818. The van der Waals surface area contributed by atoms with E-state index in [0.717, 1.165) is 6.07 Å². The van der Waals surface area contributed by atoms with E-state index in [1.54, 1.807) is 30.3 Å². The molecule has 1 unspecified atom stereocenters. The molecule has 3 N–H and O–H groups in total. The largest absolute Gasteiger partial charge is 0.417 e. The minimum Gasteiger partial charge on any atom is -0.374 e. The fourth-order valence-corrected chi connectivity index (χ4v) is 2.56. The molecule has 2 rings (SSSR count). The lowest BCUT2D eigenvalue weighted by Gasteiger charge is -2.25. The third-order valence-corrected chi connectivity index (χ3v) is 3.94. The number of hydrogen-bond acceptors (Lipinski definition) is 3. The highest BCUT2D eigenvalue weighted by Crippen LogP contribution is 2.32. The van der Waals surface area contributed by atoms with Gasteiger partial charge in [-0.2, -0.15) is 13.2 Å². The fourth-order valence-electron chi connectivity index (χ4n) is 2.08. The summed E-state index contributed by atoms with van der Waals surface area (Å²) in [6, 6.07) is 9.31. The van der Waals surface area contributed by atoms with E-state index in [1.807, 2.05) is 0 Å². The van der Waals surface area contributed by atoms with E-state index < -0.39 is 23.6 Å². The molecule has 0 aliphatic rings. The van der Waals surface area contributed by atoms with Gasteiger partial charge < -0.3 is 5.73 Å². The maximum atomic E-state index is 12.7. The summed E-state index contributed by atoms with van der Waals surface area (Å²) in [5.41, 5.74) is 7.68. The number of anilines is 1. The van der Waals surface area contributed by atoms with Gasteiger partial charge in [0.05, 0.1) is 27.9 Å². The van der Waals surface area contributed by atoms with Gasteiger partial charge in [-0.05, 0) is 37.3 Å². The smallest absolute Gasteiger partial charge is 0.374 e. The molecule has 1 heterocycles. The van der Waals surface area contributed by atoms with Crippen molar-refractivity contribution < 1.29 is 18.0 Å². The molecule has 138 valence electrons. The second-order valence-corrected chi connectivity index (χ2v) is 6.12. The minimum absolute atomic E-state index is 0.00752. The lowest BCUT2D eigenvalue weighted by atomic mass is 10.1. The van der Waals surface area contributed by atoms with Gasteiger partial charge in [-0.15, -0.1) is 0 Å². The summed E-state index contributed by atoms with van der Waals surface area (Å²) in [7, 11) is 0. The Morgan fingerprint density at radius 2 is 1.96 bits per heavy atom. The third kappa shape index (κ3) is 4.61. The maximum absolute atomic E-state index is 12.7. The first-order chi connectivity index (χ1) is 12.1. The molecule has 2 aromatic rings. The number of aromatic nitrogens is 1. The number of alkyl halides is 3. The van der Waals surface area contributed by atoms with Gasteiger partial charge in [-0.3, -0.25) is 15.2 Å². The molecule has 1 aromatic carbocycles. The molecule has 1 atom stereocenters. The van der Waals surface area contributed by atoms with E-state index in [1.165, 1.54) is 11.9 Å². The Bertz CT molecular complexity index is 817. The van der Waals surface area contributed by atoms with Crippen molar-refractivity contribution in [2.75, 3.05) is 5.01 Å². The first-order valence-corrected chi connectivity index (χ1v) is 8.07. The Balaban J connectivity index is 2.22. The van der Waals surface area contributed by atoms with Crippen LogP contribution in [-0.2, 0) is 11.0 Å². The summed E-state index contributed by atoms with van der Waals surface area (Å²) < 4.78 is 38.1. The van der Waals surface area contributed by atoms with Crippen LogP contribution in [0.25, 0.3) is 0 Å². The summed E-state index contributed by atoms with van der Waals surface area (Å²) in [6.45, 7) is 1.46. The van der Waals surface area contributed by atoms with Gasteiger partial charge in [0.25, 0.3) is 0 Å². The molecular weight excluding hydrogens is 389 g/mol.